The zero-order valence-electron chi connectivity index (χ0n) is 13.7. The first-order valence-corrected chi connectivity index (χ1v) is 8.24. The van der Waals surface area contributed by atoms with E-state index >= 15 is 0 Å². The summed E-state index contributed by atoms with van der Waals surface area (Å²) in [5.74, 6) is 0.573. The number of aromatic nitrogens is 1. The molecule has 4 nitrogen and oxygen atoms in total. The Morgan fingerprint density at radius 3 is 2.54 bits per heavy atom. The molecule has 6 heteroatoms. The van der Waals surface area contributed by atoms with Crippen LogP contribution in [0.4, 0.5) is 11.5 Å². The van der Waals surface area contributed by atoms with Gasteiger partial charge < -0.3 is 16.0 Å². The monoisotopic (exact) mass is 362 g/mol. The lowest BCUT2D eigenvalue weighted by molar-refractivity contribution is 0.557. The minimum atomic E-state index is 0.508. The van der Waals surface area contributed by atoms with Gasteiger partial charge in [0.1, 0.15) is 5.82 Å². The van der Waals surface area contributed by atoms with Gasteiger partial charge in [-0.25, -0.2) is 4.98 Å². The van der Waals surface area contributed by atoms with Gasteiger partial charge in [-0.2, -0.15) is 0 Å². The minimum Gasteiger partial charge on any atom is -0.401 e. The van der Waals surface area contributed by atoms with Crippen molar-refractivity contribution < 1.29 is 0 Å². The van der Waals surface area contributed by atoms with Crippen molar-refractivity contribution in [1.29, 1.82) is 0 Å². The fraction of sp³-hybridized carbons (Fsp3) is 0.167. The van der Waals surface area contributed by atoms with Gasteiger partial charge in [-0.3, -0.25) is 0 Å². The maximum absolute atomic E-state index is 6.36. The maximum Gasteiger partial charge on any atom is 0.149 e. The number of allylic oxidation sites excluding steroid dienone is 1. The van der Waals surface area contributed by atoms with Gasteiger partial charge in [0.2, 0.25) is 0 Å². The molecule has 3 N–H and O–H groups in total. The summed E-state index contributed by atoms with van der Waals surface area (Å²) < 4.78 is 0. The first-order valence-electron chi connectivity index (χ1n) is 7.48. The molecular weight excluding hydrogens is 343 g/mol. The predicted octanol–water partition coefficient (Wildman–Crippen LogP) is 5.24. The van der Waals surface area contributed by atoms with E-state index in [9.17, 15) is 0 Å². The molecule has 0 aliphatic carbocycles. The molecule has 0 amide bonds. The topological polar surface area (TPSA) is 54.2 Å². The lowest BCUT2D eigenvalue weighted by Crippen LogP contribution is -2.16. The van der Waals surface area contributed by atoms with E-state index in [4.69, 9.17) is 28.9 Å². The highest BCUT2D eigenvalue weighted by Gasteiger charge is 2.10. The standard InChI is InChI=1S/C18H20Cl2N4/c1-4-24(11-12(2)21)13(3)14-9-17(20)18(22-10-14)23-16-7-5-15(19)6-8-16/h5-11H,3-4,21H2,1-2H3,(H,22,23)/b12-11-. The molecule has 0 bridgehead atoms. The highest BCUT2D eigenvalue weighted by atomic mass is 35.5. The fourth-order valence-corrected chi connectivity index (χ4v) is 2.47. The summed E-state index contributed by atoms with van der Waals surface area (Å²) in [6.45, 7) is 8.71. The molecule has 1 aromatic heterocycles. The van der Waals surface area contributed by atoms with Gasteiger partial charge in [0.15, 0.2) is 0 Å². The molecule has 0 aliphatic rings. The molecule has 24 heavy (non-hydrogen) atoms. The second kappa shape index (κ2) is 8.08. The third-order valence-electron chi connectivity index (χ3n) is 3.33. The Kier molecular flexibility index (Phi) is 6.12. The molecule has 0 atom stereocenters. The van der Waals surface area contributed by atoms with Crippen LogP contribution in [-0.2, 0) is 0 Å². The van der Waals surface area contributed by atoms with E-state index in [1.54, 1.807) is 18.3 Å². The quantitative estimate of drug-likeness (QED) is 0.737. The summed E-state index contributed by atoms with van der Waals surface area (Å²) in [4.78, 5) is 6.35. The van der Waals surface area contributed by atoms with Crippen LogP contribution in [0.5, 0.6) is 0 Å². The lowest BCUT2D eigenvalue weighted by atomic mass is 10.2. The van der Waals surface area contributed by atoms with E-state index in [1.807, 2.05) is 43.1 Å². The van der Waals surface area contributed by atoms with Gasteiger partial charge in [-0.05, 0) is 44.2 Å². The van der Waals surface area contributed by atoms with Crippen LogP contribution < -0.4 is 11.1 Å². The number of nitrogens with zero attached hydrogens (tertiary/aromatic N) is 2. The van der Waals surface area contributed by atoms with Gasteiger partial charge in [-0.1, -0.05) is 29.8 Å². The smallest absolute Gasteiger partial charge is 0.149 e. The van der Waals surface area contributed by atoms with Gasteiger partial charge in [0, 0.05) is 46.6 Å². The second-order valence-corrected chi connectivity index (χ2v) is 6.14. The zero-order valence-corrected chi connectivity index (χ0v) is 15.2. The largest absolute Gasteiger partial charge is 0.401 e. The summed E-state index contributed by atoms with van der Waals surface area (Å²) in [5, 5.41) is 4.35. The van der Waals surface area contributed by atoms with Gasteiger partial charge in [-0.15, -0.1) is 0 Å². The van der Waals surface area contributed by atoms with Crippen LogP contribution in [0.2, 0.25) is 10.0 Å². The molecule has 1 aromatic carbocycles. The normalized spacial score (nSPS) is 11.2. The van der Waals surface area contributed by atoms with Crippen molar-refractivity contribution in [2.24, 2.45) is 5.73 Å². The average Bonchev–Trinajstić information content (AvgIpc) is 2.55. The van der Waals surface area contributed by atoms with Crippen LogP contribution in [0.25, 0.3) is 5.70 Å². The molecule has 2 rings (SSSR count). The zero-order chi connectivity index (χ0) is 17.7. The highest BCUT2D eigenvalue weighted by molar-refractivity contribution is 6.33. The third kappa shape index (κ3) is 4.66. The highest BCUT2D eigenvalue weighted by Crippen LogP contribution is 2.28. The summed E-state index contributed by atoms with van der Waals surface area (Å²) >= 11 is 12.2. The van der Waals surface area contributed by atoms with Crippen LogP contribution in [0.3, 0.4) is 0 Å². The number of benzene rings is 1. The molecule has 0 spiro atoms. The third-order valence-corrected chi connectivity index (χ3v) is 3.87. The van der Waals surface area contributed by atoms with E-state index in [0.717, 1.165) is 23.5 Å². The van der Waals surface area contributed by atoms with E-state index in [-0.39, 0.29) is 0 Å². The molecule has 1 heterocycles. The predicted molar refractivity (Wildman–Crippen MR) is 103 cm³/mol. The second-order valence-electron chi connectivity index (χ2n) is 5.29. The summed E-state index contributed by atoms with van der Waals surface area (Å²) in [6, 6.07) is 9.16. The van der Waals surface area contributed by atoms with Crippen molar-refractivity contribution in [2.75, 3.05) is 11.9 Å². The first kappa shape index (κ1) is 18.2. The van der Waals surface area contributed by atoms with Crippen molar-refractivity contribution in [2.45, 2.75) is 13.8 Å². The Bertz CT molecular complexity index is 750. The fourth-order valence-electron chi connectivity index (χ4n) is 2.13. The molecule has 0 saturated heterocycles. The Labute approximate surface area is 152 Å². The molecule has 0 radical (unpaired) electrons. The lowest BCUT2D eigenvalue weighted by Gasteiger charge is -2.22. The summed E-state index contributed by atoms with van der Waals surface area (Å²) in [6.07, 6.45) is 3.57. The minimum absolute atomic E-state index is 0.508. The van der Waals surface area contributed by atoms with Crippen LogP contribution in [0, 0.1) is 0 Å². The van der Waals surface area contributed by atoms with Crippen LogP contribution in [0.15, 0.2) is 55.0 Å². The Morgan fingerprint density at radius 1 is 1.33 bits per heavy atom. The number of hydrogen-bond acceptors (Lipinski definition) is 4. The molecule has 0 fully saturated rings. The SMILES string of the molecule is C=C(c1cnc(Nc2ccc(Cl)cc2)c(Cl)c1)N(/C=C(/C)N)CC. The number of pyridine rings is 1. The van der Waals surface area contributed by atoms with Crippen LogP contribution in [-0.4, -0.2) is 16.4 Å². The van der Waals surface area contributed by atoms with Crippen molar-refractivity contribution in [1.82, 2.24) is 9.88 Å². The average molecular weight is 363 g/mol. The molecule has 0 aliphatic heterocycles. The number of hydrogen-bond donors (Lipinski definition) is 2. The number of rotatable bonds is 6. The molecule has 0 unspecified atom stereocenters. The van der Waals surface area contributed by atoms with E-state index in [1.165, 1.54) is 0 Å². The van der Waals surface area contributed by atoms with Gasteiger partial charge in [0.25, 0.3) is 0 Å². The summed E-state index contributed by atoms with van der Waals surface area (Å²) in [5.41, 5.74) is 8.94. The van der Waals surface area contributed by atoms with Gasteiger partial charge in [0.05, 0.1) is 5.02 Å². The first-order chi connectivity index (χ1) is 11.4. The van der Waals surface area contributed by atoms with E-state index < -0.39 is 0 Å². The Balaban J connectivity index is 2.21. The molecule has 126 valence electrons. The Morgan fingerprint density at radius 2 is 2.00 bits per heavy atom. The molecular formula is C18H20Cl2N4. The van der Waals surface area contributed by atoms with Gasteiger partial charge >= 0.3 is 0 Å². The van der Waals surface area contributed by atoms with E-state index in [2.05, 4.69) is 16.9 Å². The number of halogens is 2. The Hall–Kier alpha value is -2.17. The number of nitrogens with one attached hydrogen (secondary N) is 1. The van der Waals surface area contributed by atoms with Crippen molar-refractivity contribution >= 4 is 40.4 Å². The summed E-state index contributed by atoms with van der Waals surface area (Å²) in [7, 11) is 0. The van der Waals surface area contributed by atoms with Crippen molar-refractivity contribution in [3.8, 4) is 0 Å². The van der Waals surface area contributed by atoms with Crippen LogP contribution in [0.1, 0.15) is 19.4 Å². The number of anilines is 2. The van der Waals surface area contributed by atoms with E-state index in [0.29, 0.717) is 21.6 Å². The van der Waals surface area contributed by atoms with Crippen molar-refractivity contribution in [3.63, 3.8) is 0 Å². The van der Waals surface area contributed by atoms with Crippen molar-refractivity contribution in [3.05, 3.63) is 70.6 Å². The number of nitrogens with two attached hydrogens (primary N) is 1. The maximum atomic E-state index is 6.36. The van der Waals surface area contributed by atoms with Crippen LogP contribution >= 0.6 is 23.2 Å². The molecule has 0 saturated carbocycles. The molecule has 2 aromatic rings.